The van der Waals surface area contributed by atoms with E-state index in [-0.39, 0.29) is 6.79 Å². The van der Waals surface area contributed by atoms with Gasteiger partial charge in [-0.05, 0) is 19.1 Å². The van der Waals surface area contributed by atoms with Crippen molar-refractivity contribution in [1.82, 2.24) is 10.2 Å². The van der Waals surface area contributed by atoms with Gasteiger partial charge in [0.15, 0.2) is 11.5 Å². The third-order valence-electron chi connectivity index (χ3n) is 2.68. The molecule has 0 radical (unpaired) electrons. The Bertz CT molecular complexity index is 548. The standard InChI is InChI=1S/C11H11N3O2/c1-6-7(8-4-10(12)14-13-8)2-3-9-11(6)16-5-15-9/h2-4H,5H2,1H3,(H3,12,13,14). The first-order valence-electron chi connectivity index (χ1n) is 4.96. The van der Waals surface area contributed by atoms with Crippen LogP contribution in [-0.2, 0) is 0 Å². The minimum atomic E-state index is 0.282. The summed E-state index contributed by atoms with van der Waals surface area (Å²) in [5.74, 6) is 2.06. The van der Waals surface area contributed by atoms with Crippen molar-refractivity contribution in [2.75, 3.05) is 12.5 Å². The summed E-state index contributed by atoms with van der Waals surface area (Å²) in [6, 6.07) is 5.65. The fourth-order valence-corrected chi connectivity index (χ4v) is 1.88. The number of rotatable bonds is 1. The Morgan fingerprint density at radius 3 is 3.00 bits per heavy atom. The van der Waals surface area contributed by atoms with Crippen molar-refractivity contribution in [3.8, 4) is 22.8 Å². The second-order valence-corrected chi connectivity index (χ2v) is 3.68. The monoisotopic (exact) mass is 217 g/mol. The van der Waals surface area contributed by atoms with Gasteiger partial charge < -0.3 is 15.2 Å². The highest BCUT2D eigenvalue weighted by Crippen LogP contribution is 2.40. The highest BCUT2D eigenvalue weighted by atomic mass is 16.7. The van der Waals surface area contributed by atoms with E-state index in [1.54, 1.807) is 6.07 Å². The van der Waals surface area contributed by atoms with Gasteiger partial charge in [0, 0.05) is 17.2 Å². The first-order valence-corrected chi connectivity index (χ1v) is 4.96. The third kappa shape index (κ3) is 1.21. The molecule has 3 N–H and O–H groups in total. The topological polar surface area (TPSA) is 73.2 Å². The summed E-state index contributed by atoms with van der Waals surface area (Å²) in [5.41, 5.74) is 8.51. The number of hydrogen-bond acceptors (Lipinski definition) is 4. The number of nitrogen functional groups attached to an aromatic ring is 1. The van der Waals surface area contributed by atoms with Gasteiger partial charge in [-0.2, -0.15) is 5.10 Å². The number of fused-ring (bicyclic) bond motifs is 1. The largest absolute Gasteiger partial charge is 0.454 e. The Kier molecular flexibility index (Phi) is 1.80. The van der Waals surface area contributed by atoms with Crippen molar-refractivity contribution in [3.05, 3.63) is 23.8 Å². The lowest BCUT2D eigenvalue weighted by molar-refractivity contribution is 0.173. The molecule has 0 aliphatic carbocycles. The first kappa shape index (κ1) is 9.08. The molecule has 82 valence electrons. The molecular formula is C11H11N3O2. The highest BCUT2D eigenvalue weighted by molar-refractivity contribution is 5.71. The molecule has 3 rings (SSSR count). The molecule has 2 aromatic rings. The third-order valence-corrected chi connectivity index (χ3v) is 2.68. The molecule has 0 saturated carbocycles. The van der Waals surface area contributed by atoms with Crippen molar-refractivity contribution >= 4 is 5.82 Å². The van der Waals surface area contributed by atoms with Crippen LogP contribution in [0.25, 0.3) is 11.3 Å². The summed E-state index contributed by atoms with van der Waals surface area (Å²) in [7, 11) is 0. The predicted molar refractivity (Wildman–Crippen MR) is 59.3 cm³/mol. The maximum absolute atomic E-state index is 5.58. The molecule has 0 spiro atoms. The first-order chi connectivity index (χ1) is 7.75. The molecular weight excluding hydrogens is 206 g/mol. The van der Waals surface area contributed by atoms with Crippen LogP contribution < -0.4 is 15.2 Å². The molecule has 0 fully saturated rings. The summed E-state index contributed by atoms with van der Waals surface area (Å²) in [6.45, 7) is 2.27. The lowest BCUT2D eigenvalue weighted by Crippen LogP contribution is -1.93. The molecule has 5 heteroatoms. The van der Waals surface area contributed by atoms with Gasteiger partial charge in [0.25, 0.3) is 0 Å². The summed E-state index contributed by atoms with van der Waals surface area (Å²) >= 11 is 0. The maximum atomic E-state index is 5.58. The number of aromatic nitrogens is 2. The van der Waals surface area contributed by atoms with Crippen LogP contribution in [0, 0.1) is 6.92 Å². The van der Waals surface area contributed by atoms with Crippen LogP contribution in [0.1, 0.15) is 5.56 Å². The summed E-state index contributed by atoms with van der Waals surface area (Å²) in [6.07, 6.45) is 0. The number of nitrogens with two attached hydrogens (primary N) is 1. The SMILES string of the molecule is Cc1c(-c2cc(N)n[nH]2)ccc2c1OCO2. The summed E-state index contributed by atoms with van der Waals surface area (Å²) < 4.78 is 10.7. The lowest BCUT2D eigenvalue weighted by atomic mass is 10.0. The van der Waals surface area contributed by atoms with Crippen LogP contribution in [0.15, 0.2) is 18.2 Å². The molecule has 1 aliphatic heterocycles. The number of nitrogens with one attached hydrogen (secondary N) is 1. The van der Waals surface area contributed by atoms with Crippen molar-refractivity contribution in [1.29, 1.82) is 0 Å². The molecule has 0 bridgehead atoms. The van der Waals surface area contributed by atoms with Crippen LogP contribution in [0.5, 0.6) is 11.5 Å². The van der Waals surface area contributed by atoms with Crippen molar-refractivity contribution in [2.45, 2.75) is 6.92 Å². The zero-order valence-electron chi connectivity index (χ0n) is 8.78. The van der Waals surface area contributed by atoms with Gasteiger partial charge in [-0.3, -0.25) is 5.10 Å². The number of anilines is 1. The average Bonchev–Trinajstić information content (AvgIpc) is 2.87. The van der Waals surface area contributed by atoms with Crippen LogP contribution in [-0.4, -0.2) is 17.0 Å². The van der Waals surface area contributed by atoms with E-state index in [4.69, 9.17) is 15.2 Å². The minimum absolute atomic E-state index is 0.282. The van der Waals surface area contributed by atoms with E-state index in [1.165, 1.54) is 0 Å². The molecule has 2 heterocycles. The average molecular weight is 217 g/mol. The number of hydrogen-bond donors (Lipinski definition) is 2. The molecule has 0 saturated heterocycles. The van der Waals surface area contributed by atoms with Crippen molar-refractivity contribution in [2.24, 2.45) is 0 Å². The van der Waals surface area contributed by atoms with Gasteiger partial charge in [0.2, 0.25) is 6.79 Å². The Hall–Kier alpha value is -2.17. The van der Waals surface area contributed by atoms with Gasteiger partial charge in [0.1, 0.15) is 5.82 Å². The van der Waals surface area contributed by atoms with Gasteiger partial charge in [0.05, 0.1) is 5.69 Å². The van der Waals surface area contributed by atoms with Crippen molar-refractivity contribution in [3.63, 3.8) is 0 Å². The number of H-pyrrole nitrogens is 1. The zero-order valence-corrected chi connectivity index (χ0v) is 8.78. The van der Waals surface area contributed by atoms with E-state index in [0.29, 0.717) is 5.82 Å². The van der Waals surface area contributed by atoms with E-state index in [0.717, 1.165) is 28.3 Å². The Morgan fingerprint density at radius 2 is 2.25 bits per heavy atom. The second-order valence-electron chi connectivity index (χ2n) is 3.68. The van der Waals surface area contributed by atoms with Gasteiger partial charge >= 0.3 is 0 Å². The summed E-state index contributed by atoms with van der Waals surface area (Å²) in [5, 5.41) is 6.79. The van der Waals surface area contributed by atoms with E-state index in [1.807, 2.05) is 19.1 Å². The van der Waals surface area contributed by atoms with Gasteiger partial charge in [-0.25, -0.2) is 0 Å². The van der Waals surface area contributed by atoms with Gasteiger partial charge in [-0.1, -0.05) is 0 Å². The van der Waals surface area contributed by atoms with Crippen molar-refractivity contribution < 1.29 is 9.47 Å². The Morgan fingerprint density at radius 1 is 1.38 bits per heavy atom. The smallest absolute Gasteiger partial charge is 0.231 e. The number of ether oxygens (including phenoxy) is 2. The molecule has 1 aromatic heterocycles. The molecule has 0 unspecified atom stereocenters. The predicted octanol–water partition coefficient (Wildman–Crippen LogP) is 1.70. The fraction of sp³-hybridized carbons (Fsp3) is 0.182. The summed E-state index contributed by atoms with van der Waals surface area (Å²) in [4.78, 5) is 0. The van der Waals surface area contributed by atoms with E-state index in [9.17, 15) is 0 Å². The van der Waals surface area contributed by atoms with Gasteiger partial charge in [-0.15, -0.1) is 0 Å². The lowest BCUT2D eigenvalue weighted by Gasteiger charge is -2.06. The fourth-order valence-electron chi connectivity index (χ4n) is 1.88. The Labute approximate surface area is 92.2 Å². The molecule has 0 atom stereocenters. The number of nitrogens with zero attached hydrogens (tertiary/aromatic N) is 1. The Balaban J connectivity index is 2.15. The molecule has 16 heavy (non-hydrogen) atoms. The van der Waals surface area contributed by atoms with Crippen LogP contribution in [0.2, 0.25) is 0 Å². The minimum Gasteiger partial charge on any atom is -0.454 e. The molecule has 0 amide bonds. The number of benzene rings is 1. The second kappa shape index (κ2) is 3.16. The zero-order chi connectivity index (χ0) is 11.1. The van der Waals surface area contributed by atoms with E-state index >= 15 is 0 Å². The quantitative estimate of drug-likeness (QED) is 0.762. The van der Waals surface area contributed by atoms with Crippen LogP contribution in [0.4, 0.5) is 5.82 Å². The molecule has 5 nitrogen and oxygen atoms in total. The number of aromatic amines is 1. The van der Waals surface area contributed by atoms with E-state index in [2.05, 4.69) is 10.2 Å². The highest BCUT2D eigenvalue weighted by Gasteiger charge is 2.19. The normalized spacial score (nSPS) is 13.1. The van der Waals surface area contributed by atoms with E-state index < -0.39 is 0 Å². The molecule has 1 aromatic carbocycles. The maximum Gasteiger partial charge on any atom is 0.231 e. The van der Waals surface area contributed by atoms with Crippen LogP contribution >= 0.6 is 0 Å². The molecule has 1 aliphatic rings. The van der Waals surface area contributed by atoms with Crippen LogP contribution in [0.3, 0.4) is 0 Å².